The van der Waals surface area contributed by atoms with Crippen LogP contribution < -0.4 is 15.5 Å². The minimum atomic E-state index is -0.155. The molecule has 0 unspecified atom stereocenters. The number of carbonyl (C=O) groups excluding carboxylic acids is 1. The van der Waals surface area contributed by atoms with E-state index in [4.69, 9.17) is 0 Å². The van der Waals surface area contributed by atoms with E-state index < -0.39 is 0 Å². The van der Waals surface area contributed by atoms with Gasteiger partial charge in [0, 0.05) is 40.6 Å². The van der Waals surface area contributed by atoms with Crippen molar-refractivity contribution in [1.29, 1.82) is 0 Å². The molecule has 3 heterocycles. The van der Waals surface area contributed by atoms with E-state index in [1.54, 1.807) is 11.3 Å². The van der Waals surface area contributed by atoms with Crippen LogP contribution in [-0.4, -0.2) is 24.1 Å². The zero-order chi connectivity index (χ0) is 17.5. The van der Waals surface area contributed by atoms with Crippen molar-refractivity contribution in [2.24, 2.45) is 0 Å². The fourth-order valence-electron chi connectivity index (χ4n) is 2.90. The topological polar surface area (TPSA) is 57.3 Å². The van der Waals surface area contributed by atoms with Gasteiger partial charge in [0.25, 0.3) is 0 Å². The van der Waals surface area contributed by atoms with Gasteiger partial charge in [-0.15, -0.1) is 11.3 Å². The molecule has 0 saturated carbocycles. The van der Waals surface area contributed by atoms with Crippen LogP contribution in [0.2, 0.25) is 0 Å². The van der Waals surface area contributed by atoms with Gasteiger partial charge in [0.05, 0.1) is 6.54 Å². The van der Waals surface area contributed by atoms with Crippen LogP contribution in [0.15, 0.2) is 34.2 Å². The molecule has 1 aliphatic heterocycles. The summed E-state index contributed by atoms with van der Waals surface area (Å²) in [6.45, 7) is 3.18. The van der Waals surface area contributed by atoms with Gasteiger partial charge in [-0.25, -0.2) is 9.78 Å². The van der Waals surface area contributed by atoms with Crippen molar-refractivity contribution < 1.29 is 4.79 Å². The Bertz CT molecular complexity index is 698. The van der Waals surface area contributed by atoms with Crippen molar-refractivity contribution in [2.45, 2.75) is 38.8 Å². The largest absolute Gasteiger partial charge is 0.357 e. The first-order valence-electron chi connectivity index (χ1n) is 8.65. The van der Waals surface area contributed by atoms with E-state index in [0.29, 0.717) is 13.1 Å². The molecule has 0 radical (unpaired) electrons. The standard InChI is InChI=1S/C18H23BrN4OS/c19-15-10-16(25-13-15)12-22-18(24)21-11-14-5-6-20-17(9-14)23-7-3-1-2-4-8-23/h5-6,9-10,13H,1-4,7-8,11-12H2,(H2,21,22,24). The quantitative estimate of drug-likeness (QED) is 0.755. The molecule has 0 aromatic carbocycles. The number of carbonyl (C=O) groups is 1. The van der Waals surface area contributed by atoms with Gasteiger partial charge in [0.2, 0.25) is 0 Å². The summed E-state index contributed by atoms with van der Waals surface area (Å²) >= 11 is 5.04. The van der Waals surface area contributed by atoms with Crippen LogP contribution >= 0.6 is 27.3 Å². The number of nitrogens with one attached hydrogen (secondary N) is 2. The minimum absolute atomic E-state index is 0.155. The molecular weight excluding hydrogens is 400 g/mol. The van der Waals surface area contributed by atoms with Crippen LogP contribution in [0.3, 0.4) is 0 Å². The molecule has 1 aliphatic rings. The molecule has 0 atom stereocenters. The normalized spacial score (nSPS) is 14.8. The maximum absolute atomic E-state index is 12.0. The van der Waals surface area contributed by atoms with Gasteiger partial charge in [-0.3, -0.25) is 0 Å². The molecule has 0 spiro atoms. The average molecular weight is 423 g/mol. The van der Waals surface area contributed by atoms with E-state index in [1.165, 1.54) is 25.7 Å². The van der Waals surface area contributed by atoms with Crippen LogP contribution in [0.1, 0.15) is 36.1 Å². The number of amides is 2. The van der Waals surface area contributed by atoms with Crippen molar-refractivity contribution >= 4 is 39.1 Å². The third-order valence-electron chi connectivity index (χ3n) is 4.24. The number of halogens is 1. The molecule has 5 nitrogen and oxygen atoms in total. The van der Waals surface area contributed by atoms with Gasteiger partial charge in [-0.05, 0) is 52.5 Å². The van der Waals surface area contributed by atoms with E-state index in [9.17, 15) is 4.79 Å². The zero-order valence-electron chi connectivity index (χ0n) is 14.1. The highest BCUT2D eigenvalue weighted by atomic mass is 79.9. The maximum atomic E-state index is 12.0. The minimum Gasteiger partial charge on any atom is -0.357 e. The number of aromatic nitrogens is 1. The first-order valence-corrected chi connectivity index (χ1v) is 10.3. The lowest BCUT2D eigenvalue weighted by Gasteiger charge is -2.21. The van der Waals surface area contributed by atoms with Crippen LogP contribution in [0.25, 0.3) is 0 Å². The Morgan fingerprint density at radius 1 is 1.16 bits per heavy atom. The molecule has 134 valence electrons. The van der Waals surface area contributed by atoms with Gasteiger partial charge < -0.3 is 15.5 Å². The molecule has 2 amide bonds. The van der Waals surface area contributed by atoms with E-state index >= 15 is 0 Å². The Labute approximate surface area is 161 Å². The Balaban J connectivity index is 1.49. The second-order valence-corrected chi connectivity index (χ2v) is 8.10. The molecule has 1 fully saturated rings. The number of anilines is 1. The maximum Gasteiger partial charge on any atom is 0.315 e. The van der Waals surface area contributed by atoms with Gasteiger partial charge >= 0.3 is 6.03 Å². The lowest BCUT2D eigenvalue weighted by molar-refractivity contribution is 0.240. The van der Waals surface area contributed by atoms with Crippen LogP contribution in [0.4, 0.5) is 10.6 Å². The third-order valence-corrected chi connectivity index (χ3v) is 5.94. The molecule has 2 aromatic heterocycles. The first-order chi connectivity index (χ1) is 12.2. The number of urea groups is 1. The zero-order valence-corrected chi connectivity index (χ0v) is 16.5. The van der Waals surface area contributed by atoms with Crippen molar-refractivity contribution in [1.82, 2.24) is 15.6 Å². The summed E-state index contributed by atoms with van der Waals surface area (Å²) in [5.74, 6) is 1.02. The van der Waals surface area contributed by atoms with E-state index in [2.05, 4.69) is 42.5 Å². The predicted octanol–water partition coefficient (Wildman–Crippen LogP) is 4.29. The number of hydrogen-bond donors (Lipinski definition) is 2. The summed E-state index contributed by atoms with van der Waals surface area (Å²) in [5, 5.41) is 7.81. The highest BCUT2D eigenvalue weighted by molar-refractivity contribution is 9.10. The number of thiophene rings is 1. The SMILES string of the molecule is O=C(NCc1ccnc(N2CCCCCC2)c1)NCc1cc(Br)cs1. The Kier molecular flexibility index (Phi) is 6.69. The first kappa shape index (κ1) is 18.2. The highest BCUT2D eigenvalue weighted by Gasteiger charge is 2.11. The molecule has 3 rings (SSSR count). The summed E-state index contributed by atoms with van der Waals surface area (Å²) in [6.07, 6.45) is 6.90. The Morgan fingerprint density at radius 2 is 1.92 bits per heavy atom. The highest BCUT2D eigenvalue weighted by Crippen LogP contribution is 2.19. The Hall–Kier alpha value is -1.60. The third kappa shape index (κ3) is 5.71. The monoisotopic (exact) mass is 422 g/mol. The fourth-order valence-corrected chi connectivity index (χ4v) is 4.29. The summed E-state index contributed by atoms with van der Waals surface area (Å²) in [7, 11) is 0. The van der Waals surface area contributed by atoms with Crippen LogP contribution in [0, 0.1) is 0 Å². The second-order valence-electron chi connectivity index (χ2n) is 6.19. The average Bonchev–Trinajstić information content (AvgIpc) is 2.87. The van der Waals surface area contributed by atoms with Crippen molar-refractivity contribution in [3.05, 3.63) is 44.7 Å². The molecule has 0 aliphatic carbocycles. The molecule has 0 bridgehead atoms. The van der Waals surface area contributed by atoms with Gasteiger partial charge in [0.15, 0.2) is 0 Å². The van der Waals surface area contributed by atoms with Gasteiger partial charge in [-0.2, -0.15) is 0 Å². The predicted molar refractivity (Wildman–Crippen MR) is 106 cm³/mol. The lowest BCUT2D eigenvalue weighted by atomic mass is 10.2. The van der Waals surface area contributed by atoms with Crippen LogP contribution in [-0.2, 0) is 13.1 Å². The summed E-state index contributed by atoms with van der Waals surface area (Å²) in [4.78, 5) is 20.0. The lowest BCUT2D eigenvalue weighted by Crippen LogP contribution is -2.34. The molecule has 1 saturated heterocycles. The summed E-state index contributed by atoms with van der Waals surface area (Å²) < 4.78 is 1.05. The fraction of sp³-hybridized carbons (Fsp3) is 0.444. The van der Waals surface area contributed by atoms with Gasteiger partial charge in [-0.1, -0.05) is 12.8 Å². The number of nitrogens with zero attached hydrogens (tertiary/aromatic N) is 2. The Morgan fingerprint density at radius 3 is 2.64 bits per heavy atom. The van der Waals surface area contributed by atoms with E-state index in [1.807, 2.05) is 23.7 Å². The smallest absolute Gasteiger partial charge is 0.315 e. The van der Waals surface area contributed by atoms with E-state index in [-0.39, 0.29) is 6.03 Å². The number of pyridine rings is 1. The molecular formula is C18H23BrN4OS. The molecule has 2 N–H and O–H groups in total. The van der Waals surface area contributed by atoms with Crippen molar-refractivity contribution in [2.75, 3.05) is 18.0 Å². The number of hydrogen-bond acceptors (Lipinski definition) is 4. The summed E-state index contributed by atoms with van der Waals surface area (Å²) in [6, 6.07) is 5.90. The molecule has 25 heavy (non-hydrogen) atoms. The second kappa shape index (κ2) is 9.20. The summed E-state index contributed by atoms with van der Waals surface area (Å²) in [5.41, 5.74) is 1.07. The number of rotatable bonds is 5. The van der Waals surface area contributed by atoms with E-state index in [0.717, 1.165) is 33.8 Å². The van der Waals surface area contributed by atoms with Crippen molar-refractivity contribution in [3.63, 3.8) is 0 Å². The van der Waals surface area contributed by atoms with Crippen molar-refractivity contribution in [3.8, 4) is 0 Å². The van der Waals surface area contributed by atoms with Crippen LogP contribution in [0.5, 0.6) is 0 Å². The van der Waals surface area contributed by atoms with Gasteiger partial charge in [0.1, 0.15) is 5.82 Å². The molecule has 2 aromatic rings. The molecule has 7 heteroatoms.